The first-order chi connectivity index (χ1) is 8.64. The highest BCUT2D eigenvalue weighted by Crippen LogP contribution is 2.45. The van der Waals surface area contributed by atoms with Crippen LogP contribution >= 0.6 is 0 Å². The number of hydrogen-bond acceptors (Lipinski definition) is 3. The maximum Gasteiger partial charge on any atom is 0.332 e. The summed E-state index contributed by atoms with van der Waals surface area (Å²) < 4.78 is 5.06. The number of carbonyl (C=O) groups is 2. The second-order valence-electron chi connectivity index (χ2n) is 5.21. The summed E-state index contributed by atoms with van der Waals surface area (Å²) in [5.74, 6) is -0.226. The first-order valence-electron chi connectivity index (χ1n) is 6.76. The summed E-state index contributed by atoms with van der Waals surface area (Å²) >= 11 is 0. The average Bonchev–Trinajstić information content (AvgIpc) is 2.82. The molecule has 2 saturated carbocycles. The van der Waals surface area contributed by atoms with E-state index in [0.717, 1.165) is 25.7 Å². The van der Waals surface area contributed by atoms with Gasteiger partial charge in [-0.1, -0.05) is 18.9 Å². The quantitative estimate of drug-likeness (QED) is 0.599. The van der Waals surface area contributed by atoms with Gasteiger partial charge in [0, 0.05) is 11.8 Å². The van der Waals surface area contributed by atoms with Crippen LogP contribution in [0.15, 0.2) is 12.7 Å². The Labute approximate surface area is 108 Å². The zero-order valence-corrected chi connectivity index (χ0v) is 10.9. The molecule has 2 rings (SSSR count). The SMILES string of the molecule is C=CC1C[C@]1(NC(=O)C1CCCC1)C(=O)OCC. The summed E-state index contributed by atoms with van der Waals surface area (Å²) in [5, 5.41) is 2.91. The highest BCUT2D eigenvalue weighted by Gasteiger charge is 2.61. The van der Waals surface area contributed by atoms with E-state index in [1.54, 1.807) is 13.0 Å². The van der Waals surface area contributed by atoms with E-state index in [1.807, 2.05) is 0 Å². The smallest absolute Gasteiger partial charge is 0.332 e. The molecule has 0 bridgehead atoms. The van der Waals surface area contributed by atoms with Crippen molar-refractivity contribution in [3.05, 3.63) is 12.7 Å². The molecule has 100 valence electrons. The Balaban J connectivity index is 2.00. The van der Waals surface area contributed by atoms with Crippen molar-refractivity contribution >= 4 is 11.9 Å². The molecule has 0 heterocycles. The number of rotatable bonds is 5. The lowest BCUT2D eigenvalue weighted by molar-refractivity contribution is -0.149. The monoisotopic (exact) mass is 251 g/mol. The molecule has 2 fully saturated rings. The third kappa shape index (κ3) is 2.28. The number of hydrogen-bond donors (Lipinski definition) is 1. The Hall–Kier alpha value is -1.32. The van der Waals surface area contributed by atoms with Gasteiger partial charge in [0.25, 0.3) is 0 Å². The van der Waals surface area contributed by atoms with Crippen LogP contribution in [0, 0.1) is 11.8 Å². The third-order valence-corrected chi connectivity index (χ3v) is 4.01. The minimum absolute atomic E-state index is 0.00454. The van der Waals surface area contributed by atoms with E-state index < -0.39 is 5.54 Å². The highest BCUT2D eigenvalue weighted by molar-refractivity contribution is 5.92. The van der Waals surface area contributed by atoms with Gasteiger partial charge in [-0.3, -0.25) is 4.79 Å². The van der Waals surface area contributed by atoms with E-state index in [0.29, 0.717) is 13.0 Å². The Morgan fingerprint density at radius 1 is 1.44 bits per heavy atom. The molecule has 0 aromatic carbocycles. The van der Waals surface area contributed by atoms with Gasteiger partial charge in [0.1, 0.15) is 5.54 Å². The minimum atomic E-state index is -0.822. The Kier molecular flexibility index (Phi) is 3.73. The van der Waals surface area contributed by atoms with E-state index >= 15 is 0 Å². The van der Waals surface area contributed by atoms with E-state index in [4.69, 9.17) is 4.74 Å². The van der Waals surface area contributed by atoms with Crippen LogP contribution < -0.4 is 5.32 Å². The highest BCUT2D eigenvalue weighted by atomic mass is 16.5. The molecule has 1 N–H and O–H groups in total. The van der Waals surface area contributed by atoms with Gasteiger partial charge < -0.3 is 10.1 Å². The standard InChI is InChI=1S/C14H21NO3/c1-3-11-9-14(11,13(17)18-4-2)15-12(16)10-7-5-6-8-10/h3,10-11H,1,4-9H2,2H3,(H,15,16)/t11?,14-/m1/s1. The van der Waals surface area contributed by atoms with Crippen LogP contribution in [0.5, 0.6) is 0 Å². The van der Waals surface area contributed by atoms with Crippen molar-refractivity contribution in [1.82, 2.24) is 5.32 Å². The molecule has 2 atom stereocenters. The van der Waals surface area contributed by atoms with Gasteiger partial charge in [-0.15, -0.1) is 6.58 Å². The zero-order valence-electron chi connectivity index (χ0n) is 10.9. The van der Waals surface area contributed by atoms with Gasteiger partial charge in [0.15, 0.2) is 0 Å². The largest absolute Gasteiger partial charge is 0.464 e. The second-order valence-corrected chi connectivity index (χ2v) is 5.21. The van der Waals surface area contributed by atoms with Crippen molar-refractivity contribution in [2.75, 3.05) is 6.61 Å². The van der Waals surface area contributed by atoms with Crippen LogP contribution in [0.2, 0.25) is 0 Å². The molecule has 4 nitrogen and oxygen atoms in total. The van der Waals surface area contributed by atoms with Gasteiger partial charge in [-0.25, -0.2) is 4.79 Å². The summed E-state index contributed by atoms with van der Waals surface area (Å²) in [7, 11) is 0. The molecule has 1 amide bonds. The van der Waals surface area contributed by atoms with Gasteiger partial charge in [-0.2, -0.15) is 0 Å². The summed E-state index contributed by atoms with van der Waals surface area (Å²) in [6.07, 6.45) is 6.43. The summed E-state index contributed by atoms with van der Waals surface area (Å²) in [4.78, 5) is 24.1. The van der Waals surface area contributed by atoms with Gasteiger partial charge in [-0.05, 0) is 26.2 Å². The molecule has 0 aromatic heterocycles. The molecular weight excluding hydrogens is 230 g/mol. The molecule has 0 spiro atoms. The summed E-state index contributed by atoms with van der Waals surface area (Å²) in [5.41, 5.74) is -0.822. The van der Waals surface area contributed by atoms with Crippen molar-refractivity contribution in [3.8, 4) is 0 Å². The van der Waals surface area contributed by atoms with Gasteiger partial charge in [0.2, 0.25) is 5.91 Å². The lowest BCUT2D eigenvalue weighted by atomic mass is 10.1. The van der Waals surface area contributed by atoms with E-state index in [1.165, 1.54) is 0 Å². The fourth-order valence-electron chi connectivity index (χ4n) is 2.77. The van der Waals surface area contributed by atoms with E-state index in [2.05, 4.69) is 11.9 Å². The molecule has 0 aromatic rings. The molecule has 18 heavy (non-hydrogen) atoms. The van der Waals surface area contributed by atoms with Crippen LogP contribution in [0.3, 0.4) is 0 Å². The fraction of sp³-hybridized carbons (Fsp3) is 0.714. The summed E-state index contributed by atoms with van der Waals surface area (Å²) in [6, 6.07) is 0. The third-order valence-electron chi connectivity index (χ3n) is 4.01. The molecule has 1 unspecified atom stereocenters. The number of nitrogens with one attached hydrogen (secondary N) is 1. The number of carbonyl (C=O) groups excluding carboxylic acids is 2. The number of amides is 1. The van der Waals surface area contributed by atoms with Crippen molar-refractivity contribution in [1.29, 1.82) is 0 Å². The maximum atomic E-state index is 12.1. The fourth-order valence-corrected chi connectivity index (χ4v) is 2.77. The normalized spacial score (nSPS) is 30.8. The lowest BCUT2D eigenvalue weighted by Crippen LogP contribution is -2.47. The van der Waals surface area contributed by atoms with Crippen molar-refractivity contribution < 1.29 is 14.3 Å². The molecule has 0 saturated heterocycles. The first-order valence-corrected chi connectivity index (χ1v) is 6.76. The lowest BCUT2D eigenvalue weighted by Gasteiger charge is -2.19. The van der Waals surface area contributed by atoms with Gasteiger partial charge in [0.05, 0.1) is 6.61 Å². The van der Waals surface area contributed by atoms with Crippen molar-refractivity contribution in [2.24, 2.45) is 11.8 Å². The number of ether oxygens (including phenoxy) is 1. The van der Waals surface area contributed by atoms with Gasteiger partial charge >= 0.3 is 5.97 Å². The van der Waals surface area contributed by atoms with Crippen LogP contribution in [-0.4, -0.2) is 24.0 Å². The molecule has 4 heteroatoms. The number of esters is 1. The van der Waals surface area contributed by atoms with Crippen LogP contribution in [0.1, 0.15) is 39.0 Å². The van der Waals surface area contributed by atoms with Crippen molar-refractivity contribution in [3.63, 3.8) is 0 Å². The average molecular weight is 251 g/mol. The van der Waals surface area contributed by atoms with E-state index in [9.17, 15) is 9.59 Å². The topological polar surface area (TPSA) is 55.4 Å². The Morgan fingerprint density at radius 2 is 2.11 bits per heavy atom. The van der Waals surface area contributed by atoms with Crippen LogP contribution in [-0.2, 0) is 14.3 Å². The van der Waals surface area contributed by atoms with Crippen LogP contribution in [0.25, 0.3) is 0 Å². The van der Waals surface area contributed by atoms with E-state index in [-0.39, 0.29) is 23.7 Å². The second kappa shape index (κ2) is 5.12. The maximum absolute atomic E-state index is 12.1. The Bertz CT molecular complexity index is 360. The van der Waals surface area contributed by atoms with Crippen LogP contribution in [0.4, 0.5) is 0 Å². The zero-order chi connectivity index (χ0) is 13.2. The molecule has 2 aliphatic rings. The van der Waals surface area contributed by atoms with Crippen molar-refractivity contribution in [2.45, 2.75) is 44.6 Å². The molecule has 2 aliphatic carbocycles. The first kappa shape index (κ1) is 13.1. The molecular formula is C14H21NO3. The summed E-state index contributed by atoms with van der Waals surface area (Å²) in [6.45, 7) is 5.82. The molecule has 0 aliphatic heterocycles. The predicted molar refractivity (Wildman–Crippen MR) is 67.8 cm³/mol. The predicted octanol–water partition coefficient (Wildman–Crippen LogP) is 1.80. The Morgan fingerprint density at radius 3 is 2.61 bits per heavy atom. The molecule has 0 radical (unpaired) electrons. The minimum Gasteiger partial charge on any atom is -0.464 e.